The van der Waals surface area contributed by atoms with Crippen LogP contribution in [-0.2, 0) is 24.2 Å². The van der Waals surface area contributed by atoms with Gasteiger partial charge in [-0.1, -0.05) is 48.5 Å². The lowest BCUT2D eigenvalue weighted by Crippen LogP contribution is -2.27. The third-order valence-corrected chi connectivity index (χ3v) is 5.25. The van der Waals surface area contributed by atoms with E-state index in [1.807, 2.05) is 60.7 Å². The fourth-order valence-corrected chi connectivity index (χ4v) is 3.64. The fourth-order valence-electron chi connectivity index (χ4n) is 3.64. The maximum absolute atomic E-state index is 13.2. The van der Waals surface area contributed by atoms with Crippen molar-refractivity contribution < 1.29 is 4.79 Å². The molecule has 0 atom stereocenters. The lowest BCUT2D eigenvalue weighted by molar-refractivity contribution is -0.116. The molecule has 0 radical (unpaired) electrons. The number of carbonyl (C=O) groups excluding carboxylic acids is 1. The average Bonchev–Trinajstić information content (AvgIpc) is 2.83. The molecule has 0 aliphatic rings. The van der Waals surface area contributed by atoms with Crippen LogP contribution in [0.5, 0.6) is 0 Å². The van der Waals surface area contributed by atoms with E-state index in [2.05, 4.69) is 10.3 Å². The normalized spacial score (nSPS) is 10.6. The van der Waals surface area contributed by atoms with Crippen LogP contribution in [0.25, 0.3) is 11.0 Å². The summed E-state index contributed by atoms with van der Waals surface area (Å²) in [5, 5.41) is 11.8. The predicted octanol–water partition coefficient (Wildman–Crippen LogP) is 4.08. The quantitative estimate of drug-likeness (QED) is 0.486. The Balaban J connectivity index is 1.53. The number of nitrogens with zero attached hydrogens (tertiary/aromatic N) is 3. The van der Waals surface area contributed by atoms with Gasteiger partial charge in [0.2, 0.25) is 5.91 Å². The average molecular weight is 422 g/mol. The molecule has 1 aromatic heterocycles. The van der Waals surface area contributed by atoms with Crippen LogP contribution < -0.4 is 10.9 Å². The lowest BCUT2D eigenvalue weighted by atomic mass is 10.1. The van der Waals surface area contributed by atoms with E-state index < -0.39 is 0 Å². The molecule has 3 aromatic carbocycles. The Bertz CT molecular complexity index is 1350. The minimum atomic E-state index is -0.231. The molecule has 6 heteroatoms. The number of hydrogen-bond donors (Lipinski definition) is 1. The molecule has 6 nitrogen and oxygen atoms in total. The van der Waals surface area contributed by atoms with E-state index >= 15 is 0 Å². The number of fused-ring (bicyclic) bond motifs is 1. The van der Waals surface area contributed by atoms with Gasteiger partial charge in [-0.3, -0.25) is 9.59 Å². The standard InChI is InChI=1S/C26H22N4O2/c27-18-20-9-6-10-21(17-20)28-25(31)14-13-23-26(32)30(16-15-19-7-2-1-3-8-19)24-12-5-4-11-22(24)29-23/h1-12,17H,13-16H2,(H,28,31). The summed E-state index contributed by atoms with van der Waals surface area (Å²) in [6.07, 6.45) is 1.08. The van der Waals surface area contributed by atoms with Crippen LogP contribution in [0.1, 0.15) is 23.2 Å². The minimum Gasteiger partial charge on any atom is -0.326 e. The summed E-state index contributed by atoms with van der Waals surface area (Å²) in [5.74, 6) is -0.231. The predicted molar refractivity (Wildman–Crippen MR) is 124 cm³/mol. The van der Waals surface area contributed by atoms with E-state index in [1.165, 1.54) is 0 Å². The van der Waals surface area contributed by atoms with Crippen LogP contribution in [0.3, 0.4) is 0 Å². The molecule has 158 valence electrons. The number of aromatic nitrogens is 2. The largest absolute Gasteiger partial charge is 0.326 e. The summed E-state index contributed by atoms with van der Waals surface area (Å²) in [6, 6.07) is 26.4. The number of amides is 1. The van der Waals surface area contributed by atoms with Crippen molar-refractivity contribution in [1.29, 1.82) is 5.26 Å². The molecule has 1 amide bonds. The van der Waals surface area contributed by atoms with E-state index in [1.54, 1.807) is 28.8 Å². The van der Waals surface area contributed by atoms with Crippen LogP contribution in [-0.4, -0.2) is 15.5 Å². The first-order valence-electron chi connectivity index (χ1n) is 10.5. The first kappa shape index (κ1) is 21.0. The maximum atomic E-state index is 13.2. The van der Waals surface area contributed by atoms with Crippen molar-refractivity contribution in [2.24, 2.45) is 0 Å². The van der Waals surface area contributed by atoms with Gasteiger partial charge in [0.05, 0.1) is 22.7 Å². The Morgan fingerprint density at radius 1 is 0.969 bits per heavy atom. The maximum Gasteiger partial charge on any atom is 0.272 e. The zero-order valence-electron chi connectivity index (χ0n) is 17.5. The zero-order chi connectivity index (χ0) is 22.3. The van der Waals surface area contributed by atoms with Gasteiger partial charge in [0.15, 0.2) is 0 Å². The highest BCUT2D eigenvalue weighted by Gasteiger charge is 2.13. The number of anilines is 1. The van der Waals surface area contributed by atoms with Gasteiger partial charge in [0.25, 0.3) is 5.56 Å². The second-order valence-corrected chi connectivity index (χ2v) is 7.48. The van der Waals surface area contributed by atoms with Gasteiger partial charge in [-0.25, -0.2) is 4.98 Å². The summed E-state index contributed by atoms with van der Waals surface area (Å²) in [6.45, 7) is 0.534. The van der Waals surface area contributed by atoms with E-state index in [0.717, 1.165) is 23.0 Å². The van der Waals surface area contributed by atoms with E-state index in [4.69, 9.17) is 5.26 Å². The van der Waals surface area contributed by atoms with Crippen molar-refractivity contribution in [2.45, 2.75) is 25.8 Å². The minimum absolute atomic E-state index is 0.121. The summed E-state index contributed by atoms with van der Waals surface area (Å²) >= 11 is 0. The third-order valence-electron chi connectivity index (χ3n) is 5.25. The van der Waals surface area contributed by atoms with Crippen molar-refractivity contribution in [1.82, 2.24) is 9.55 Å². The molecule has 0 bridgehead atoms. The fraction of sp³-hybridized carbons (Fsp3) is 0.154. The molecule has 0 fully saturated rings. The number of benzene rings is 3. The summed E-state index contributed by atoms with van der Waals surface area (Å²) in [5.41, 5.74) is 3.91. The lowest BCUT2D eigenvalue weighted by Gasteiger charge is -2.12. The van der Waals surface area contributed by atoms with Crippen LogP contribution in [0, 0.1) is 11.3 Å². The highest BCUT2D eigenvalue weighted by atomic mass is 16.1. The molecular formula is C26H22N4O2. The van der Waals surface area contributed by atoms with Crippen molar-refractivity contribution in [3.8, 4) is 6.07 Å². The van der Waals surface area contributed by atoms with Crippen LogP contribution >= 0.6 is 0 Å². The van der Waals surface area contributed by atoms with Crippen molar-refractivity contribution in [3.63, 3.8) is 0 Å². The molecular weight excluding hydrogens is 400 g/mol. The Kier molecular flexibility index (Phi) is 6.38. The number of aryl methyl sites for hydroxylation is 3. The van der Waals surface area contributed by atoms with Crippen LogP contribution in [0.15, 0.2) is 83.7 Å². The monoisotopic (exact) mass is 422 g/mol. The van der Waals surface area contributed by atoms with Gasteiger partial charge < -0.3 is 9.88 Å². The van der Waals surface area contributed by atoms with Gasteiger partial charge in [-0.2, -0.15) is 5.26 Å². The van der Waals surface area contributed by atoms with Crippen molar-refractivity contribution in [2.75, 3.05) is 5.32 Å². The van der Waals surface area contributed by atoms with Gasteiger partial charge in [0.1, 0.15) is 5.69 Å². The van der Waals surface area contributed by atoms with Crippen molar-refractivity contribution >= 4 is 22.6 Å². The number of nitriles is 1. The molecule has 1 heterocycles. The smallest absolute Gasteiger partial charge is 0.272 e. The van der Waals surface area contributed by atoms with Gasteiger partial charge in [0, 0.05) is 25.1 Å². The van der Waals surface area contributed by atoms with Crippen LogP contribution in [0.2, 0.25) is 0 Å². The van der Waals surface area contributed by atoms with Crippen molar-refractivity contribution in [3.05, 3.63) is 106 Å². The molecule has 32 heavy (non-hydrogen) atoms. The summed E-state index contributed by atoms with van der Waals surface area (Å²) in [7, 11) is 0. The second kappa shape index (κ2) is 9.71. The molecule has 4 aromatic rings. The Labute approximate surface area is 185 Å². The third kappa shape index (κ3) is 4.90. The highest BCUT2D eigenvalue weighted by molar-refractivity contribution is 5.91. The highest BCUT2D eigenvalue weighted by Crippen LogP contribution is 2.13. The molecule has 0 saturated carbocycles. The summed E-state index contributed by atoms with van der Waals surface area (Å²) in [4.78, 5) is 30.2. The molecule has 0 unspecified atom stereocenters. The molecule has 0 aliphatic carbocycles. The number of nitrogens with one attached hydrogen (secondary N) is 1. The molecule has 4 rings (SSSR count). The molecule has 0 aliphatic heterocycles. The molecule has 0 spiro atoms. The Hall–Kier alpha value is -4.24. The molecule has 0 saturated heterocycles. The Morgan fingerprint density at radius 3 is 2.56 bits per heavy atom. The Morgan fingerprint density at radius 2 is 1.75 bits per heavy atom. The number of rotatable bonds is 7. The zero-order valence-corrected chi connectivity index (χ0v) is 17.5. The second-order valence-electron chi connectivity index (χ2n) is 7.48. The van der Waals surface area contributed by atoms with E-state index in [-0.39, 0.29) is 24.3 Å². The van der Waals surface area contributed by atoms with Crippen LogP contribution in [0.4, 0.5) is 5.69 Å². The SMILES string of the molecule is N#Cc1cccc(NC(=O)CCc2nc3ccccc3n(CCc3ccccc3)c2=O)c1. The molecule has 1 N–H and O–H groups in total. The first-order valence-corrected chi connectivity index (χ1v) is 10.5. The van der Waals surface area contributed by atoms with Gasteiger partial charge >= 0.3 is 0 Å². The van der Waals surface area contributed by atoms with E-state index in [0.29, 0.717) is 23.5 Å². The topological polar surface area (TPSA) is 87.8 Å². The van der Waals surface area contributed by atoms with E-state index in [9.17, 15) is 9.59 Å². The van der Waals surface area contributed by atoms with Gasteiger partial charge in [-0.05, 0) is 42.3 Å². The number of carbonyl (C=O) groups is 1. The summed E-state index contributed by atoms with van der Waals surface area (Å²) < 4.78 is 1.75. The van der Waals surface area contributed by atoms with Gasteiger partial charge in [-0.15, -0.1) is 0 Å². The number of hydrogen-bond acceptors (Lipinski definition) is 4. The first-order chi connectivity index (χ1) is 15.6. The number of para-hydroxylation sites is 2.